The van der Waals surface area contributed by atoms with Gasteiger partial charge in [-0.1, -0.05) is 19.1 Å². The molecule has 1 aliphatic rings. The zero-order valence-electron chi connectivity index (χ0n) is 11.5. The lowest BCUT2D eigenvalue weighted by Gasteiger charge is -2.28. The second-order valence-corrected chi connectivity index (χ2v) is 5.46. The Morgan fingerprint density at radius 3 is 2.74 bits per heavy atom. The molecule has 1 unspecified atom stereocenters. The lowest BCUT2D eigenvalue weighted by Crippen LogP contribution is -2.41. The van der Waals surface area contributed by atoms with Crippen LogP contribution < -0.4 is 5.32 Å². The van der Waals surface area contributed by atoms with Crippen LogP contribution in [0.4, 0.5) is 0 Å². The molecule has 2 heterocycles. The first-order valence-electron chi connectivity index (χ1n) is 7.15. The summed E-state index contributed by atoms with van der Waals surface area (Å²) < 4.78 is 1.90. The number of aromatic nitrogens is 2. The molecule has 100 valence electrons. The lowest BCUT2D eigenvalue weighted by atomic mass is 9.87. The molecule has 0 radical (unpaired) electrons. The van der Waals surface area contributed by atoms with Gasteiger partial charge in [-0.15, -0.1) is 0 Å². The van der Waals surface area contributed by atoms with Crippen molar-refractivity contribution in [1.29, 1.82) is 0 Å². The number of nitrogens with one attached hydrogen (secondary N) is 1. The van der Waals surface area contributed by atoms with Crippen molar-refractivity contribution in [2.24, 2.45) is 0 Å². The van der Waals surface area contributed by atoms with Crippen LogP contribution in [0.2, 0.25) is 0 Å². The molecule has 1 aromatic heterocycles. The van der Waals surface area contributed by atoms with Crippen LogP contribution in [-0.4, -0.2) is 21.9 Å². The minimum Gasteiger partial charge on any atom is -0.311 e. The van der Waals surface area contributed by atoms with Gasteiger partial charge in [0.1, 0.15) is 0 Å². The summed E-state index contributed by atoms with van der Waals surface area (Å²) >= 11 is 0. The fourth-order valence-corrected chi connectivity index (χ4v) is 3.03. The molecule has 1 fully saturated rings. The third-order valence-corrected chi connectivity index (χ3v) is 4.26. The predicted octanol–water partition coefficient (Wildman–Crippen LogP) is 2.95. The Bertz CT molecular complexity index is 507. The summed E-state index contributed by atoms with van der Waals surface area (Å²) in [6.07, 6.45) is 8.71. The molecule has 3 rings (SSSR count). The molecule has 0 saturated carbocycles. The maximum absolute atomic E-state index is 4.25. The molecular formula is C16H21N3. The van der Waals surface area contributed by atoms with Gasteiger partial charge in [-0.05, 0) is 56.0 Å². The molecule has 0 amide bonds. The Morgan fingerprint density at radius 2 is 2.16 bits per heavy atom. The van der Waals surface area contributed by atoms with E-state index < -0.39 is 0 Å². The first-order chi connectivity index (χ1) is 9.31. The van der Waals surface area contributed by atoms with Crippen LogP contribution in [0.25, 0.3) is 5.69 Å². The Hall–Kier alpha value is -1.61. The zero-order valence-corrected chi connectivity index (χ0v) is 11.5. The van der Waals surface area contributed by atoms with E-state index in [0.717, 1.165) is 12.1 Å². The van der Waals surface area contributed by atoms with Crippen molar-refractivity contribution in [3.63, 3.8) is 0 Å². The van der Waals surface area contributed by atoms with Gasteiger partial charge in [0.2, 0.25) is 0 Å². The van der Waals surface area contributed by atoms with Gasteiger partial charge < -0.3 is 5.32 Å². The number of nitrogens with zero attached hydrogens (tertiary/aromatic N) is 2. The van der Waals surface area contributed by atoms with Gasteiger partial charge in [0.25, 0.3) is 0 Å². The molecule has 1 saturated heterocycles. The average Bonchev–Trinajstić information content (AvgIpc) is 3.11. The molecule has 1 aromatic carbocycles. The smallest absolute Gasteiger partial charge is 0.0645 e. The Kier molecular flexibility index (Phi) is 3.38. The van der Waals surface area contributed by atoms with Gasteiger partial charge in [-0.3, -0.25) is 0 Å². The molecule has 3 heteroatoms. The van der Waals surface area contributed by atoms with Crippen LogP contribution in [0.1, 0.15) is 31.7 Å². The summed E-state index contributed by atoms with van der Waals surface area (Å²) in [5.41, 5.74) is 2.86. The van der Waals surface area contributed by atoms with Crippen LogP contribution in [-0.2, 0) is 6.42 Å². The maximum Gasteiger partial charge on any atom is 0.0645 e. The Morgan fingerprint density at radius 1 is 1.32 bits per heavy atom. The quantitative estimate of drug-likeness (QED) is 0.910. The van der Waals surface area contributed by atoms with Gasteiger partial charge in [0, 0.05) is 17.9 Å². The van der Waals surface area contributed by atoms with Gasteiger partial charge in [0.05, 0.1) is 5.69 Å². The van der Waals surface area contributed by atoms with Gasteiger partial charge in [-0.2, -0.15) is 5.10 Å². The van der Waals surface area contributed by atoms with E-state index in [1.54, 1.807) is 0 Å². The normalized spacial score (nSPS) is 22.8. The van der Waals surface area contributed by atoms with E-state index in [4.69, 9.17) is 0 Å². The fraction of sp³-hybridized carbons (Fsp3) is 0.438. The summed E-state index contributed by atoms with van der Waals surface area (Å²) in [6, 6.07) is 10.7. The molecule has 1 aliphatic heterocycles. The maximum atomic E-state index is 4.25. The monoisotopic (exact) mass is 255 g/mol. The minimum absolute atomic E-state index is 0.327. The predicted molar refractivity (Wildman–Crippen MR) is 77.5 cm³/mol. The number of rotatable bonds is 4. The van der Waals surface area contributed by atoms with E-state index in [1.165, 1.54) is 31.4 Å². The lowest BCUT2D eigenvalue weighted by molar-refractivity contribution is 0.360. The van der Waals surface area contributed by atoms with E-state index in [0.29, 0.717) is 5.54 Å². The van der Waals surface area contributed by atoms with Crippen LogP contribution in [0.15, 0.2) is 42.7 Å². The van der Waals surface area contributed by atoms with Crippen LogP contribution in [0, 0.1) is 0 Å². The van der Waals surface area contributed by atoms with Gasteiger partial charge in [0.15, 0.2) is 0 Å². The first kappa shape index (κ1) is 12.4. The second kappa shape index (κ2) is 5.17. The SMILES string of the molecule is CCC1(Cc2ccc(-n3cccn3)cc2)CCCN1. The van der Waals surface area contributed by atoms with E-state index in [9.17, 15) is 0 Å². The molecule has 19 heavy (non-hydrogen) atoms. The summed E-state index contributed by atoms with van der Waals surface area (Å²) in [4.78, 5) is 0. The highest BCUT2D eigenvalue weighted by Crippen LogP contribution is 2.27. The highest BCUT2D eigenvalue weighted by atomic mass is 15.3. The second-order valence-electron chi connectivity index (χ2n) is 5.46. The Labute approximate surface area is 114 Å². The summed E-state index contributed by atoms with van der Waals surface area (Å²) in [6.45, 7) is 3.45. The van der Waals surface area contributed by atoms with Crippen molar-refractivity contribution in [3.8, 4) is 5.69 Å². The molecular weight excluding hydrogens is 234 g/mol. The third kappa shape index (κ3) is 2.56. The molecule has 1 atom stereocenters. The number of hydrogen-bond donors (Lipinski definition) is 1. The molecule has 0 spiro atoms. The topological polar surface area (TPSA) is 29.9 Å². The summed E-state index contributed by atoms with van der Waals surface area (Å²) in [7, 11) is 0. The minimum atomic E-state index is 0.327. The third-order valence-electron chi connectivity index (χ3n) is 4.26. The van der Waals surface area contributed by atoms with E-state index in [2.05, 4.69) is 41.6 Å². The van der Waals surface area contributed by atoms with Crippen molar-refractivity contribution in [2.75, 3.05) is 6.54 Å². The highest BCUT2D eigenvalue weighted by Gasteiger charge is 2.31. The molecule has 0 bridgehead atoms. The molecule has 2 aromatic rings. The van der Waals surface area contributed by atoms with Crippen molar-refractivity contribution >= 4 is 0 Å². The number of benzene rings is 1. The van der Waals surface area contributed by atoms with Gasteiger partial charge in [-0.25, -0.2) is 4.68 Å². The average molecular weight is 255 g/mol. The molecule has 0 aliphatic carbocycles. The van der Waals surface area contributed by atoms with E-state index >= 15 is 0 Å². The molecule has 1 N–H and O–H groups in total. The van der Waals surface area contributed by atoms with Crippen molar-refractivity contribution in [2.45, 2.75) is 38.1 Å². The number of hydrogen-bond acceptors (Lipinski definition) is 2. The summed E-state index contributed by atoms with van der Waals surface area (Å²) in [5.74, 6) is 0. The highest BCUT2D eigenvalue weighted by molar-refractivity contribution is 5.34. The van der Waals surface area contributed by atoms with Crippen molar-refractivity contribution < 1.29 is 0 Å². The van der Waals surface area contributed by atoms with E-state index in [-0.39, 0.29) is 0 Å². The molecule has 3 nitrogen and oxygen atoms in total. The zero-order chi connectivity index (χ0) is 13.1. The first-order valence-corrected chi connectivity index (χ1v) is 7.15. The summed E-state index contributed by atoms with van der Waals surface area (Å²) in [5, 5.41) is 7.95. The van der Waals surface area contributed by atoms with Gasteiger partial charge >= 0.3 is 0 Å². The van der Waals surface area contributed by atoms with Crippen molar-refractivity contribution in [3.05, 3.63) is 48.3 Å². The van der Waals surface area contributed by atoms with E-state index in [1.807, 2.05) is 23.1 Å². The van der Waals surface area contributed by atoms with Crippen LogP contribution in [0.3, 0.4) is 0 Å². The Balaban J connectivity index is 1.76. The van der Waals surface area contributed by atoms with Crippen molar-refractivity contribution in [1.82, 2.24) is 15.1 Å². The largest absolute Gasteiger partial charge is 0.311 e. The standard InChI is InChI=1S/C16H21N3/c1-2-16(9-3-10-17-16)13-14-5-7-15(8-6-14)19-12-4-11-18-19/h4-8,11-12,17H,2-3,9-10,13H2,1H3. The van der Waals surface area contributed by atoms with Crippen LogP contribution in [0.5, 0.6) is 0 Å². The fourth-order valence-electron chi connectivity index (χ4n) is 3.03. The van der Waals surface area contributed by atoms with Crippen LogP contribution >= 0.6 is 0 Å².